The van der Waals surface area contributed by atoms with Crippen molar-refractivity contribution in [1.82, 2.24) is 20.4 Å². The van der Waals surface area contributed by atoms with Crippen LogP contribution in [0.3, 0.4) is 0 Å². The van der Waals surface area contributed by atoms with Crippen LogP contribution >= 0.6 is 0 Å². The molecular weight excluding hydrogens is 316 g/mol. The number of aromatic nitrogens is 2. The molecule has 2 heterocycles. The summed E-state index contributed by atoms with van der Waals surface area (Å²) in [6.45, 7) is 11.3. The van der Waals surface area contributed by atoms with E-state index in [0.717, 1.165) is 38.0 Å². The Kier molecular flexibility index (Phi) is 7.13. The molecule has 0 fully saturated rings. The Bertz CT molecular complexity index is 665. The fraction of sp³-hybridized carbons (Fsp3) is 0.526. The van der Waals surface area contributed by atoms with Gasteiger partial charge in [-0.1, -0.05) is 19.0 Å². The predicted molar refractivity (Wildman–Crippen MR) is 98.4 cm³/mol. The lowest BCUT2D eigenvalue weighted by molar-refractivity contribution is 0.0937. The van der Waals surface area contributed by atoms with E-state index in [4.69, 9.17) is 4.52 Å². The van der Waals surface area contributed by atoms with Crippen molar-refractivity contribution in [3.8, 4) is 11.3 Å². The first kappa shape index (κ1) is 19.1. The summed E-state index contributed by atoms with van der Waals surface area (Å²) in [4.78, 5) is 19.1. The second-order valence-electron chi connectivity index (χ2n) is 6.25. The molecular formula is C19H28N4O2. The Morgan fingerprint density at radius 1 is 1.28 bits per heavy atom. The van der Waals surface area contributed by atoms with E-state index in [1.165, 1.54) is 0 Å². The molecule has 136 valence electrons. The largest absolute Gasteiger partial charge is 0.355 e. The summed E-state index contributed by atoms with van der Waals surface area (Å²) in [6.07, 6.45) is 5.34. The van der Waals surface area contributed by atoms with Gasteiger partial charge in [-0.15, -0.1) is 0 Å². The number of carbonyl (C=O) groups excluding carboxylic acids is 1. The Balaban J connectivity index is 1.98. The van der Waals surface area contributed by atoms with Gasteiger partial charge in [0.1, 0.15) is 5.56 Å². The summed E-state index contributed by atoms with van der Waals surface area (Å²) in [6, 6.07) is 3.72. The zero-order valence-corrected chi connectivity index (χ0v) is 15.6. The van der Waals surface area contributed by atoms with Gasteiger partial charge in [-0.05, 0) is 58.5 Å². The zero-order chi connectivity index (χ0) is 18.2. The van der Waals surface area contributed by atoms with Crippen LogP contribution in [0.15, 0.2) is 29.0 Å². The maximum absolute atomic E-state index is 12.7. The van der Waals surface area contributed by atoms with Crippen molar-refractivity contribution in [2.45, 2.75) is 46.6 Å². The van der Waals surface area contributed by atoms with E-state index < -0.39 is 0 Å². The van der Waals surface area contributed by atoms with E-state index in [2.05, 4.69) is 34.2 Å². The summed E-state index contributed by atoms with van der Waals surface area (Å²) in [5, 5.41) is 7.04. The molecule has 1 atom stereocenters. The van der Waals surface area contributed by atoms with E-state index in [1.54, 1.807) is 19.3 Å². The minimum absolute atomic E-state index is 0.0997. The highest BCUT2D eigenvalue weighted by atomic mass is 16.5. The molecule has 0 aliphatic rings. The number of carbonyl (C=O) groups is 1. The van der Waals surface area contributed by atoms with Gasteiger partial charge in [-0.3, -0.25) is 9.78 Å². The van der Waals surface area contributed by atoms with Crippen LogP contribution in [-0.2, 0) is 0 Å². The number of hydrogen-bond acceptors (Lipinski definition) is 5. The Labute approximate surface area is 149 Å². The molecule has 0 radical (unpaired) electrons. The number of nitrogens with zero attached hydrogens (tertiary/aromatic N) is 3. The van der Waals surface area contributed by atoms with E-state index in [0.29, 0.717) is 17.0 Å². The molecule has 0 aliphatic heterocycles. The maximum atomic E-state index is 12.7. The highest BCUT2D eigenvalue weighted by Crippen LogP contribution is 2.25. The van der Waals surface area contributed by atoms with E-state index >= 15 is 0 Å². The summed E-state index contributed by atoms with van der Waals surface area (Å²) in [5.41, 5.74) is 1.90. The van der Waals surface area contributed by atoms with Crippen LogP contribution in [0, 0.1) is 6.92 Å². The van der Waals surface area contributed by atoms with Crippen molar-refractivity contribution in [1.29, 1.82) is 0 Å². The highest BCUT2D eigenvalue weighted by molar-refractivity contribution is 6.00. The Hall–Kier alpha value is -2.21. The van der Waals surface area contributed by atoms with Crippen molar-refractivity contribution < 1.29 is 9.32 Å². The molecule has 6 heteroatoms. The van der Waals surface area contributed by atoms with Crippen molar-refractivity contribution >= 4 is 5.91 Å². The van der Waals surface area contributed by atoms with Crippen LogP contribution in [0.5, 0.6) is 0 Å². The summed E-state index contributed by atoms with van der Waals surface area (Å²) in [7, 11) is 0. The number of nitrogens with one attached hydrogen (secondary N) is 1. The van der Waals surface area contributed by atoms with Gasteiger partial charge in [0.25, 0.3) is 5.91 Å². The topological polar surface area (TPSA) is 71.3 Å². The van der Waals surface area contributed by atoms with Gasteiger partial charge in [0.15, 0.2) is 5.76 Å². The molecule has 0 bridgehead atoms. The van der Waals surface area contributed by atoms with Gasteiger partial charge in [0, 0.05) is 24.0 Å². The highest BCUT2D eigenvalue weighted by Gasteiger charge is 2.22. The first-order valence-electron chi connectivity index (χ1n) is 8.96. The Morgan fingerprint density at radius 2 is 1.96 bits per heavy atom. The lowest BCUT2D eigenvalue weighted by atomic mass is 10.1. The van der Waals surface area contributed by atoms with Gasteiger partial charge < -0.3 is 14.7 Å². The number of amides is 1. The molecule has 2 aromatic rings. The quantitative estimate of drug-likeness (QED) is 0.756. The number of hydrogen-bond donors (Lipinski definition) is 1. The third kappa shape index (κ3) is 5.13. The molecule has 0 spiro atoms. The van der Waals surface area contributed by atoms with Gasteiger partial charge in [0.2, 0.25) is 0 Å². The molecule has 0 saturated heterocycles. The number of aryl methyl sites for hydroxylation is 1. The van der Waals surface area contributed by atoms with Crippen LogP contribution < -0.4 is 5.32 Å². The van der Waals surface area contributed by atoms with Gasteiger partial charge in [-0.25, -0.2) is 0 Å². The molecule has 1 N–H and O–H groups in total. The summed E-state index contributed by atoms with van der Waals surface area (Å²) >= 11 is 0. The minimum atomic E-state index is -0.138. The van der Waals surface area contributed by atoms with Crippen LogP contribution in [0.2, 0.25) is 0 Å². The standard InChI is InChI=1S/C19H28N4O2/c1-5-23(6-2)13-7-8-14(3)21-19(24)17-15(4)22-25-18(17)16-9-11-20-12-10-16/h9-12,14H,5-8,13H2,1-4H3,(H,21,24). The fourth-order valence-corrected chi connectivity index (χ4v) is 2.87. The van der Waals surface area contributed by atoms with Crippen molar-refractivity contribution in [2.24, 2.45) is 0 Å². The SMILES string of the molecule is CCN(CC)CCCC(C)NC(=O)c1c(C)noc1-c1ccncc1. The first-order chi connectivity index (χ1) is 12.1. The van der Waals surface area contributed by atoms with E-state index in [9.17, 15) is 4.79 Å². The van der Waals surface area contributed by atoms with Crippen LogP contribution in [0.4, 0.5) is 0 Å². The lowest BCUT2D eigenvalue weighted by Gasteiger charge is -2.19. The molecule has 0 saturated carbocycles. The second kappa shape index (κ2) is 9.32. The molecule has 0 aromatic carbocycles. The molecule has 2 aromatic heterocycles. The van der Waals surface area contributed by atoms with E-state index in [-0.39, 0.29) is 11.9 Å². The first-order valence-corrected chi connectivity index (χ1v) is 8.96. The lowest BCUT2D eigenvalue weighted by Crippen LogP contribution is -2.34. The van der Waals surface area contributed by atoms with Crippen molar-refractivity contribution in [3.63, 3.8) is 0 Å². The molecule has 25 heavy (non-hydrogen) atoms. The summed E-state index contributed by atoms with van der Waals surface area (Å²) in [5.74, 6) is 0.355. The molecule has 1 unspecified atom stereocenters. The van der Waals surface area contributed by atoms with Crippen LogP contribution in [0.1, 0.15) is 49.7 Å². The monoisotopic (exact) mass is 344 g/mol. The van der Waals surface area contributed by atoms with Gasteiger partial charge in [0.05, 0.1) is 5.69 Å². The number of pyridine rings is 1. The normalized spacial score (nSPS) is 12.4. The van der Waals surface area contributed by atoms with Gasteiger partial charge >= 0.3 is 0 Å². The van der Waals surface area contributed by atoms with Crippen LogP contribution in [-0.4, -0.2) is 46.6 Å². The molecule has 1 amide bonds. The number of rotatable bonds is 9. The zero-order valence-electron chi connectivity index (χ0n) is 15.6. The van der Waals surface area contributed by atoms with Crippen molar-refractivity contribution in [2.75, 3.05) is 19.6 Å². The van der Waals surface area contributed by atoms with Gasteiger partial charge in [-0.2, -0.15) is 0 Å². The smallest absolute Gasteiger partial charge is 0.257 e. The third-order valence-corrected chi connectivity index (χ3v) is 4.42. The molecule has 0 aliphatic carbocycles. The molecule has 6 nitrogen and oxygen atoms in total. The van der Waals surface area contributed by atoms with Crippen molar-refractivity contribution in [3.05, 3.63) is 35.8 Å². The molecule has 2 rings (SSSR count). The maximum Gasteiger partial charge on any atom is 0.257 e. The predicted octanol–water partition coefficient (Wildman–Crippen LogP) is 3.29. The van der Waals surface area contributed by atoms with E-state index in [1.807, 2.05) is 19.1 Å². The fourth-order valence-electron chi connectivity index (χ4n) is 2.87. The third-order valence-electron chi connectivity index (χ3n) is 4.42. The average molecular weight is 344 g/mol. The average Bonchev–Trinajstić information content (AvgIpc) is 3.01. The summed E-state index contributed by atoms with van der Waals surface area (Å²) < 4.78 is 5.38. The second-order valence-corrected chi connectivity index (χ2v) is 6.25. The van der Waals surface area contributed by atoms with Crippen LogP contribution in [0.25, 0.3) is 11.3 Å². The minimum Gasteiger partial charge on any atom is -0.355 e. The Morgan fingerprint density at radius 3 is 2.60 bits per heavy atom.